The van der Waals surface area contributed by atoms with Crippen LogP contribution in [0.4, 0.5) is 0 Å². The van der Waals surface area contributed by atoms with Crippen LogP contribution in [0.15, 0.2) is 131 Å². The highest BCUT2D eigenvalue weighted by atomic mass is 32.1. The van der Waals surface area contributed by atoms with E-state index in [1.807, 2.05) is 72.8 Å². The molecule has 0 aliphatic rings. The third-order valence-electron chi connectivity index (χ3n) is 9.01. The summed E-state index contributed by atoms with van der Waals surface area (Å²) in [7, 11) is 2.64. The van der Waals surface area contributed by atoms with Crippen LogP contribution in [0.2, 0.25) is 0 Å². The van der Waals surface area contributed by atoms with Gasteiger partial charge in [0.25, 0.3) is 11.8 Å². The van der Waals surface area contributed by atoms with Crippen LogP contribution in [0.25, 0.3) is 42.0 Å². The summed E-state index contributed by atoms with van der Waals surface area (Å²) in [5.74, 6) is -0.932. The Morgan fingerprint density at radius 2 is 0.927 bits per heavy atom. The summed E-state index contributed by atoms with van der Waals surface area (Å²) in [5, 5.41) is 4.08. The van der Waals surface area contributed by atoms with Crippen LogP contribution >= 0.6 is 22.7 Å². The van der Waals surface area contributed by atoms with Gasteiger partial charge in [0, 0.05) is 21.9 Å². The fourth-order valence-corrected chi connectivity index (χ4v) is 8.56. The molecule has 0 fully saturated rings. The number of hydrogen-bond acceptors (Lipinski definition) is 9. The van der Waals surface area contributed by atoms with Crippen LogP contribution in [0.3, 0.4) is 0 Å². The lowest BCUT2D eigenvalue weighted by Crippen LogP contribution is -2.22. The average Bonchev–Trinajstić information content (AvgIpc) is 3.74. The molecule has 13 heteroatoms. The molecule has 0 aliphatic carbocycles. The number of nitrogens with zero attached hydrogens (tertiary/aromatic N) is 4. The first-order valence-corrected chi connectivity index (χ1v) is 18.6. The lowest BCUT2D eigenvalue weighted by molar-refractivity contribution is -0.142. The molecule has 8 aromatic rings. The molecule has 0 unspecified atom stereocenters. The van der Waals surface area contributed by atoms with E-state index < -0.39 is 23.8 Å². The standard InChI is InChI=1S/C42H30N4O7S2/c1-51-35(47)23-45-33-21-15-25-7-3-5-9-31(25)37(33)54-41(45)43-39(49)27-11-17-29(18-12-27)53-30-19-13-28(14-20-30)40(50)44-42-46(24-36(48)52-2)34-22-16-26-8-4-6-10-32(26)38(34)55-42/h3-22H,23-24H2,1-2H3. The topological polar surface area (TPSA) is 131 Å². The van der Waals surface area contributed by atoms with Crippen LogP contribution in [0, 0.1) is 0 Å². The Hall–Kier alpha value is -6.70. The third-order valence-corrected chi connectivity index (χ3v) is 11.3. The first-order valence-electron chi connectivity index (χ1n) is 17.0. The van der Waals surface area contributed by atoms with Crippen LogP contribution in [-0.4, -0.2) is 47.1 Å². The summed E-state index contributed by atoms with van der Waals surface area (Å²) < 4.78 is 21.1. The minimum Gasteiger partial charge on any atom is -0.468 e. The van der Waals surface area contributed by atoms with Crippen molar-refractivity contribution >= 4 is 88.4 Å². The summed E-state index contributed by atoms with van der Waals surface area (Å²) in [6.07, 6.45) is 0. The number of rotatable bonds is 8. The van der Waals surface area contributed by atoms with E-state index in [1.54, 1.807) is 57.7 Å². The first kappa shape index (κ1) is 35.3. The second kappa shape index (κ2) is 15.0. The van der Waals surface area contributed by atoms with E-state index in [2.05, 4.69) is 9.98 Å². The molecule has 0 spiro atoms. The summed E-state index contributed by atoms with van der Waals surface area (Å²) in [5.41, 5.74) is 2.23. The maximum absolute atomic E-state index is 13.4. The van der Waals surface area contributed by atoms with Crippen molar-refractivity contribution in [2.75, 3.05) is 14.2 Å². The molecule has 0 N–H and O–H groups in total. The molecule has 8 rings (SSSR count). The smallest absolute Gasteiger partial charge is 0.325 e. The summed E-state index contributed by atoms with van der Waals surface area (Å²) in [6.45, 7) is -0.186. The second-order valence-electron chi connectivity index (χ2n) is 12.3. The molecule has 0 saturated heterocycles. The Balaban J connectivity index is 1.02. The SMILES string of the molecule is COC(=O)Cn1c(=NC(=O)c2ccc(Oc3ccc(C(=O)N=c4sc5c6ccccc6ccc5n4CC(=O)OC)cc3)cc2)sc2c3ccccc3ccc21. The van der Waals surface area contributed by atoms with Crippen molar-refractivity contribution in [1.82, 2.24) is 9.13 Å². The Kier molecular flexibility index (Phi) is 9.62. The Morgan fingerprint density at radius 3 is 1.33 bits per heavy atom. The fraction of sp³-hybridized carbons (Fsp3) is 0.0952. The van der Waals surface area contributed by atoms with E-state index >= 15 is 0 Å². The van der Waals surface area contributed by atoms with E-state index in [0.29, 0.717) is 32.2 Å². The van der Waals surface area contributed by atoms with Crippen LogP contribution < -0.4 is 14.3 Å². The second-order valence-corrected chi connectivity index (χ2v) is 14.3. The molecule has 0 radical (unpaired) electrons. The molecule has 2 amide bonds. The summed E-state index contributed by atoms with van der Waals surface area (Å²) >= 11 is 2.67. The van der Waals surface area contributed by atoms with E-state index in [4.69, 9.17) is 14.2 Å². The molecular weight excluding hydrogens is 737 g/mol. The first-order chi connectivity index (χ1) is 26.8. The third kappa shape index (κ3) is 7.05. The highest BCUT2D eigenvalue weighted by molar-refractivity contribution is 7.17. The maximum Gasteiger partial charge on any atom is 0.325 e. The van der Waals surface area contributed by atoms with Gasteiger partial charge >= 0.3 is 11.9 Å². The van der Waals surface area contributed by atoms with Crippen molar-refractivity contribution in [2.24, 2.45) is 9.98 Å². The quantitative estimate of drug-likeness (QED) is 0.145. The molecule has 11 nitrogen and oxygen atoms in total. The van der Waals surface area contributed by atoms with Gasteiger partial charge in [0.15, 0.2) is 9.60 Å². The number of hydrogen-bond donors (Lipinski definition) is 0. The zero-order chi connectivity index (χ0) is 38.1. The van der Waals surface area contributed by atoms with Crippen molar-refractivity contribution in [3.8, 4) is 11.5 Å². The van der Waals surface area contributed by atoms with Crippen molar-refractivity contribution < 1.29 is 33.4 Å². The van der Waals surface area contributed by atoms with E-state index in [9.17, 15) is 19.2 Å². The Labute approximate surface area is 320 Å². The molecule has 0 bridgehead atoms. The molecule has 2 heterocycles. The van der Waals surface area contributed by atoms with Gasteiger partial charge in [-0.1, -0.05) is 83.3 Å². The number of ether oxygens (including phenoxy) is 3. The molecule has 0 aliphatic heterocycles. The Bertz CT molecular complexity index is 2760. The zero-order valence-electron chi connectivity index (χ0n) is 29.4. The van der Waals surface area contributed by atoms with Crippen molar-refractivity contribution in [3.05, 3.63) is 142 Å². The van der Waals surface area contributed by atoms with E-state index in [1.165, 1.54) is 36.9 Å². The minimum absolute atomic E-state index is 0.0931. The van der Waals surface area contributed by atoms with E-state index in [-0.39, 0.29) is 13.1 Å². The van der Waals surface area contributed by atoms with Crippen LogP contribution in [-0.2, 0) is 32.2 Å². The fourth-order valence-electron chi connectivity index (χ4n) is 6.23. The van der Waals surface area contributed by atoms with Gasteiger partial charge in [-0.05, 0) is 71.4 Å². The van der Waals surface area contributed by atoms with Gasteiger partial charge in [0.05, 0.1) is 34.7 Å². The van der Waals surface area contributed by atoms with Crippen molar-refractivity contribution in [3.63, 3.8) is 0 Å². The molecule has 2 aromatic heterocycles. The number of methoxy groups -OCH3 is 2. The number of carbonyl (C=O) groups is 4. The normalized spacial score (nSPS) is 12.1. The molecule has 0 saturated carbocycles. The lowest BCUT2D eigenvalue weighted by atomic mass is 10.1. The molecular formula is C42H30N4O7S2. The van der Waals surface area contributed by atoms with Crippen molar-refractivity contribution in [1.29, 1.82) is 0 Å². The highest BCUT2D eigenvalue weighted by Crippen LogP contribution is 2.30. The van der Waals surface area contributed by atoms with Gasteiger partial charge in [0.2, 0.25) is 0 Å². The van der Waals surface area contributed by atoms with E-state index in [0.717, 1.165) is 42.0 Å². The van der Waals surface area contributed by atoms with Crippen LogP contribution in [0.1, 0.15) is 20.7 Å². The van der Waals surface area contributed by atoms with Gasteiger partial charge in [-0.2, -0.15) is 9.98 Å². The molecule has 6 aromatic carbocycles. The minimum atomic E-state index is -0.479. The number of esters is 2. The molecule has 55 heavy (non-hydrogen) atoms. The monoisotopic (exact) mass is 766 g/mol. The van der Waals surface area contributed by atoms with Crippen molar-refractivity contribution in [2.45, 2.75) is 13.1 Å². The molecule has 0 atom stereocenters. The zero-order valence-corrected chi connectivity index (χ0v) is 31.1. The summed E-state index contributed by atoms with van der Waals surface area (Å²) in [4.78, 5) is 60.9. The number of benzene rings is 6. The van der Waals surface area contributed by atoms with Gasteiger partial charge in [0.1, 0.15) is 24.6 Å². The van der Waals surface area contributed by atoms with Gasteiger partial charge < -0.3 is 23.3 Å². The number of fused-ring (bicyclic) bond motifs is 6. The largest absolute Gasteiger partial charge is 0.468 e. The van der Waals surface area contributed by atoms with Crippen LogP contribution in [0.5, 0.6) is 11.5 Å². The molecule has 272 valence electrons. The maximum atomic E-state index is 13.4. The predicted molar refractivity (Wildman–Crippen MR) is 211 cm³/mol. The highest BCUT2D eigenvalue weighted by Gasteiger charge is 2.17. The van der Waals surface area contributed by atoms with Gasteiger partial charge in [-0.25, -0.2) is 0 Å². The number of amides is 2. The number of aromatic nitrogens is 2. The number of thiazole rings is 2. The summed E-state index contributed by atoms with van der Waals surface area (Å²) in [6, 6.07) is 36.7. The number of carbonyl (C=O) groups excluding carboxylic acids is 4. The average molecular weight is 767 g/mol. The van der Waals surface area contributed by atoms with Gasteiger partial charge in [-0.15, -0.1) is 0 Å². The Morgan fingerprint density at radius 1 is 0.527 bits per heavy atom. The van der Waals surface area contributed by atoms with Gasteiger partial charge in [-0.3, -0.25) is 19.2 Å². The lowest BCUT2D eigenvalue weighted by Gasteiger charge is -2.07. The predicted octanol–water partition coefficient (Wildman–Crippen LogP) is 7.65.